The second kappa shape index (κ2) is 5.99. The van der Waals surface area contributed by atoms with E-state index in [1.165, 1.54) is 0 Å². The monoisotopic (exact) mass is 321 g/mol. The number of unbranched alkanes of at least 4 members (excludes halogenated alkanes) is 1. The first-order valence-corrected chi connectivity index (χ1v) is 8.46. The molecule has 0 bridgehead atoms. The molecule has 1 N–H and O–H groups in total. The van der Waals surface area contributed by atoms with Crippen molar-refractivity contribution >= 4 is 48.9 Å². The summed E-state index contributed by atoms with van der Waals surface area (Å²) in [6.45, 7) is 2.55. The Morgan fingerprint density at radius 1 is 1.43 bits per heavy atom. The van der Waals surface area contributed by atoms with Gasteiger partial charge in [-0.25, -0.2) is 4.98 Å². The quantitative estimate of drug-likeness (QED) is 0.681. The summed E-state index contributed by atoms with van der Waals surface area (Å²) in [6.07, 6.45) is 1.59. The van der Waals surface area contributed by atoms with Crippen LogP contribution in [0.1, 0.15) is 24.3 Å². The van der Waals surface area contributed by atoms with Gasteiger partial charge in [-0.15, -0.1) is 22.7 Å². The fourth-order valence-electron chi connectivity index (χ4n) is 2.27. The minimum atomic E-state index is -0.753. The van der Waals surface area contributed by atoms with E-state index in [9.17, 15) is 4.79 Å². The minimum absolute atomic E-state index is 0.199. The van der Waals surface area contributed by atoms with Crippen LogP contribution in [0.5, 0.6) is 5.75 Å². The van der Waals surface area contributed by atoms with E-state index in [1.807, 2.05) is 13.0 Å². The topological polar surface area (TPSA) is 59.4 Å². The Kier molecular flexibility index (Phi) is 4.07. The first kappa shape index (κ1) is 14.3. The summed E-state index contributed by atoms with van der Waals surface area (Å²) >= 11 is 3.35. The highest BCUT2D eigenvalue weighted by atomic mass is 32.1. The maximum absolute atomic E-state index is 10.5. The third-order valence-corrected chi connectivity index (χ3v) is 5.05. The normalized spacial score (nSPS) is 11.3. The molecule has 6 heteroatoms. The number of aliphatic carboxylic acids is 1. The molecule has 0 atom stereocenters. The number of hydrogen-bond donors (Lipinski definition) is 1. The van der Waals surface area contributed by atoms with E-state index in [4.69, 9.17) is 9.84 Å². The maximum Gasteiger partial charge on any atom is 0.303 e. The van der Waals surface area contributed by atoms with Crippen molar-refractivity contribution in [3.8, 4) is 5.75 Å². The van der Waals surface area contributed by atoms with E-state index in [0.717, 1.165) is 37.5 Å². The van der Waals surface area contributed by atoms with Gasteiger partial charge in [-0.3, -0.25) is 4.79 Å². The molecular formula is C15H15NO3S2. The highest BCUT2D eigenvalue weighted by molar-refractivity contribution is 7.21. The van der Waals surface area contributed by atoms with Gasteiger partial charge in [0.1, 0.15) is 5.75 Å². The number of carboxylic acids is 1. The minimum Gasteiger partial charge on any atom is -0.493 e. The number of fused-ring (bicyclic) bond motifs is 3. The van der Waals surface area contributed by atoms with Crippen LogP contribution in [0, 0.1) is 6.92 Å². The third kappa shape index (κ3) is 3.01. The Labute approximate surface area is 130 Å². The molecular weight excluding hydrogens is 306 g/mol. The molecule has 0 saturated heterocycles. The maximum atomic E-state index is 10.5. The van der Waals surface area contributed by atoms with Crippen LogP contribution < -0.4 is 4.74 Å². The molecule has 0 aliphatic carbocycles. The standard InChI is InChI=1S/C15H15NO3S2/c1-9-16-14-12(21-9)8-11(10-5-7-20-15(10)14)19-6-3-2-4-13(17)18/h5,7-8H,2-4,6H2,1H3,(H,17,18). The summed E-state index contributed by atoms with van der Waals surface area (Å²) in [5, 5.41) is 12.8. The Morgan fingerprint density at radius 2 is 2.29 bits per heavy atom. The lowest BCUT2D eigenvalue weighted by Crippen LogP contribution is -2.00. The molecule has 0 radical (unpaired) electrons. The Balaban J connectivity index is 1.80. The van der Waals surface area contributed by atoms with Crippen LogP contribution in [-0.2, 0) is 4.79 Å². The summed E-state index contributed by atoms with van der Waals surface area (Å²) in [4.78, 5) is 15.1. The zero-order chi connectivity index (χ0) is 14.8. The molecule has 0 spiro atoms. The first-order valence-electron chi connectivity index (χ1n) is 6.77. The van der Waals surface area contributed by atoms with Gasteiger partial charge >= 0.3 is 5.97 Å². The lowest BCUT2D eigenvalue weighted by Gasteiger charge is -2.07. The van der Waals surface area contributed by atoms with Crippen molar-refractivity contribution in [3.05, 3.63) is 22.5 Å². The van der Waals surface area contributed by atoms with Gasteiger partial charge in [0.2, 0.25) is 0 Å². The first-order chi connectivity index (χ1) is 10.1. The zero-order valence-electron chi connectivity index (χ0n) is 11.6. The predicted octanol–water partition coefficient (Wildman–Crippen LogP) is 4.45. The van der Waals surface area contributed by atoms with Crippen molar-refractivity contribution in [2.45, 2.75) is 26.2 Å². The molecule has 0 aliphatic heterocycles. The van der Waals surface area contributed by atoms with Crippen LogP contribution >= 0.6 is 22.7 Å². The van der Waals surface area contributed by atoms with Crippen LogP contribution in [-0.4, -0.2) is 22.7 Å². The Hall–Kier alpha value is -1.66. The van der Waals surface area contributed by atoms with Crippen molar-refractivity contribution in [1.82, 2.24) is 4.98 Å². The molecule has 3 aromatic rings. The summed E-state index contributed by atoms with van der Waals surface area (Å²) in [5.74, 6) is 0.120. The number of benzene rings is 1. The average molecular weight is 321 g/mol. The lowest BCUT2D eigenvalue weighted by atomic mass is 10.2. The SMILES string of the molecule is Cc1nc2c(cc(OCCCCC(=O)O)c3ccsc32)s1. The summed E-state index contributed by atoms with van der Waals surface area (Å²) in [6, 6.07) is 4.10. The van der Waals surface area contributed by atoms with Crippen LogP contribution in [0.2, 0.25) is 0 Å². The van der Waals surface area contributed by atoms with E-state index >= 15 is 0 Å². The predicted molar refractivity (Wildman–Crippen MR) is 86.7 cm³/mol. The fraction of sp³-hybridized carbons (Fsp3) is 0.333. The molecule has 1 aromatic carbocycles. The summed E-state index contributed by atoms with van der Waals surface area (Å²) < 4.78 is 8.18. The van der Waals surface area contributed by atoms with Gasteiger partial charge in [-0.1, -0.05) is 0 Å². The van der Waals surface area contributed by atoms with Gasteiger partial charge in [0.25, 0.3) is 0 Å². The van der Waals surface area contributed by atoms with Crippen molar-refractivity contribution in [1.29, 1.82) is 0 Å². The van der Waals surface area contributed by atoms with Crippen LogP contribution in [0.15, 0.2) is 17.5 Å². The number of carbonyl (C=O) groups is 1. The van der Waals surface area contributed by atoms with Gasteiger partial charge in [-0.2, -0.15) is 0 Å². The van der Waals surface area contributed by atoms with Crippen LogP contribution in [0.4, 0.5) is 0 Å². The summed E-state index contributed by atoms with van der Waals surface area (Å²) in [5.41, 5.74) is 1.06. The number of aromatic nitrogens is 1. The number of ether oxygens (including phenoxy) is 1. The second-order valence-electron chi connectivity index (χ2n) is 4.82. The van der Waals surface area contributed by atoms with Crippen molar-refractivity contribution in [2.24, 2.45) is 0 Å². The van der Waals surface area contributed by atoms with Crippen molar-refractivity contribution in [2.75, 3.05) is 6.61 Å². The van der Waals surface area contributed by atoms with Gasteiger partial charge in [-0.05, 0) is 31.2 Å². The number of thiophene rings is 1. The van der Waals surface area contributed by atoms with Gasteiger partial charge in [0, 0.05) is 17.9 Å². The molecule has 0 amide bonds. The van der Waals surface area contributed by atoms with Gasteiger partial charge < -0.3 is 9.84 Å². The molecule has 0 unspecified atom stereocenters. The number of rotatable bonds is 6. The molecule has 110 valence electrons. The van der Waals surface area contributed by atoms with E-state index < -0.39 is 5.97 Å². The molecule has 2 heterocycles. The number of aryl methyl sites for hydroxylation is 1. The number of hydrogen-bond acceptors (Lipinski definition) is 5. The van der Waals surface area contributed by atoms with E-state index in [0.29, 0.717) is 13.0 Å². The highest BCUT2D eigenvalue weighted by Crippen LogP contribution is 2.38. The number of thiazole rings is 1. The molecule has 0 fully saturated rings. The van der Waals surface area contributed by atoms with E-state index in [2.05, 4.69) is 16.4 Å². The average Bonchev–Trinajstić information content (AvgIpc) is 3.02. The van der Waals surface area contributed by atoms with Gasteiger partial charge in [0.15, 0.2) is 0 Å². The zero-order valence-corrected chi connectivity index (χ0v) is 13.2. The molecule has 21 heavy (non-hydrogen) atoms. The Morgan fingerprint density at radius 3 is 3.10 bits per heavy atom. The van der Waals surface area contributed by atoms with Crippen molar-refractivity contribution < 1.29 is 14.6 Å². The summed E-state index contributed by atoms with van der Waals surface area (Å²) in [7, 11) is 0. The highest BCUT2D eigenvalue weighted by Gasteiger charge is 2.12. The molecule has 0 saturated carbocycles. The third-order valence-electron chi connectivity index (χ3n) is 3.21. The van der Waals surface area contributed by atoms with Crippen LogP contribution in [0.25, 0.3) is 20.3 Å². The van der Waals surface area contributed by atoms with Crippen molar-refractivity contribution in [3.63, 3.8) is 0 Å². The second-order valence-corrected chi connectivity index (χ2v) is 6.97. The molecule has 0 aliphatic rings. The fourth-order valence-corrected chi connectivity index (χ4v) is 4.10. The van der Waals surface area contributed by atoms with E-state index in [1.54, 1.807) is 22.7 Å². The molecule has 3 rings (SSSR count). The smallest absolute Gasteiger partial charge is 0.303 e. The lowest BCUT2D eigenvalue weighted by molar-refractivity contribution is -0.137. The van der Waals surface area contributed by atoms with E-state index in [-0.39, 0.29) is 6.42 Å². The largest absolute Gasteiger partial charge is 0.493 e. The Bertz CT molecular complexity index is 791. The number of nitrogens with zero attached hydrogens (tertiary/aromatic N) is 1. The number of carboxylic acid groups (broad SMARTS) is 1. The molecule has 2 aromatic heterocycles. The van der Waals surface area contributed by atoms with Crippen LogP contribution in [0.3, 0.4) is 0 Å². The molecule has 4 nitrogen and oxygen atoms in total. The van der Waals surface area contributed by atoms with Gasteiger partial charge in [0.05, 0.1) is 26.5 Å².